The Labute approximate surface area is 175 Å². The summed E-state index contributed by atoms with van der Waals surface area (Å²) in [6.45, 7) is 4.49. The number of benzene rings is 2. The fourth-order valence-electron chi connectivity index (χ4n) is 3.75. The molecular weight excluding hydrogens is 384 g/mol. The lowest BCUT2D eigenvalue weighted by molar-refractivity contribution is -0.929. The summed E-state index contributed by atoms with van der Waals surface area (Å²) in [7, 11) is 0. The highest BCUT2D eigenvalue weighted by atomic mass is 32.1. The van der Waals surface area contributed by atoms with Gasteiger partial charge < -0.3 is 14.6 Å². The van der Waals surface area contributed by atoms with Gasteiger partial charge in [-0.25, -0.2) is 0 Å². The molecule has 0 aliphatic carbocycles. The summed E-state index contributed by atoms with van der Waals surface area (Å²) < 4.78 is 7.50. The zero-order valence-corrected chi connectivity index (χ0v) is 17.2. The van der Waals surface area contributed by atoms with Gasteiger partial charge in [0.1, 0.15) is 0 Å². The number of anilines is 1. The zero-order valence-electron chi connectivity index (χ0n) is 16.4. The number of aryl methyl sites for hydroxylation is 1. The van der Waals surface area contributed by atoms with Crippen molar-refractivity contribution in [2.75, 3.05) is 18.4 Å². The number of hydrogen-bond donors (Lipinski definition) is 2. The second kappa shape index (κ2) is 8.71. The number of quaternary nitrogens is 1. The van der Waals surface area contributed by atoms with E-state index in [9.17, 15) is 4.79 Å². The maximum Gasteiger partial charge on any atom is 0.292 e. The number of rotatable bonds is 5. The minimum absolute atomic E-state index is 0.0479. The molecule has 29 heavy (non-hydrogen) atoms. The highest BCUT2D eigenvalue weighted by molar-refractivity contribution is 7.71. The molecule has 1 aromatic heterocycles. The van der Waals surface area contributed by atoms with Crippen LogP contribution < -0.4 is 10.2 Å². The highest BCUT2D eigenvalue weighted by Gasteiger charge is 2.28. The number of para-hydroxylation sites is 1. The molecule has 1 amide bonds. The third-order valence-corrected chi connectivity index (χ3v) is 5.75. The molecule has 2 aromatic carbocycles. The number of amides is 1. The summed E-state index contributed by atoms with van der Waals surface area (Å²) >= 11 is 5.38. The van der Waals surface area contributed by atoms with Crippen LogP contribution in [0.2, 0.25) is 0 Å². The Morgan fingerprint density at radius 3 is 2.59 bits per heavy atom. The number of likely N-dealkylation sites (tertiary alicyclic amines) is 1. The maximum atomic E-state index is 12.5. The van der Waals surface area contributed by atoms with Gasteiger partial charge in [0.05, 0.1) is 13.1 Å². The molecule has 150 valence electrons. The second-order valence-corrected chi connectivity index (χ2v) is 7.87. The highest BCUT2D eigenvalue weighted by Crippen LogP contribution is 2.21. The first-order valence-corrected chi connectivity index (χ1v) is 10.3. The molecule has 0 radical (unpaired) electrons. The van der Waals surface area contributed by atoms with E-state index in [1.807, 2.05) is 61.5 Å². The number of aromatic nitrogens is 2. The molecule has 4 rings (SSSR count). The average Bonchev–Trinajstić information content (AvgIpc) is 3.09. The molecule has 0 atom stereocenters. The van der Waals surface area contributed by atoms with E-state index >= 15 is 0 Å². The van der Waals surface area contributed by atoms with Crippen LogP contribution in [0.3, 0.4) is 0 Å². The summed E-state index contributed by atoms with van der Waals surface area (Å²) in [6.07, 6.45) is 1.70. The number of carbonyl (C=O) groups excluding carboxylic acids is 1. The second-order valence-electron chi connectivity index (χ2n) is 7.53. The van der Waals surface area contributed by atoms with Crippen molar-refractivity contribution in [3.8, 4) is 11.5 Å². The van der Waals surface area contributed by atoms with Crippen molar-refractivity contribution in [2.24, 2.45) is 5.92 Å². The van der Waals surface area contributed by atoms with Gasteiger partial charge in [-0.15, -0.1) is 5.10 Å². The Bertz CT molecular complexity index is 1040. The van der Waals surface area contributed by atoms with Gasteiger partial charge in [-0.2, -0.15) is 4.68 Å². The zero-order chi connectivity index (χ0) is 20.2. The van der Waals surface area contributed by atoms with Crippen LogP contribution in [0, 0.1) is 17.7 Å². The van der Waals surface area contributed by atoms with Gasteiger partial charge in [0.25, 0.3) is 4.84 Å². The van der Waals surface area contributed by atoms with E-state index in [1.54, 1.807) is 4.68 Å². The van der Waals surface area contributed by atoms with Gasteiger partial charge in [0, 0.05) is 30.0 Å². The van der Waals surface area contributed by atoms with Crippen LogP contribution in [-0.4, -0.2) is 28.8 Å². The van der Waals surface area contributed by atoms with Crippen molar-refractivity contribution >= 4 is 23.8 Å². The van der Waals surface area contributed by atoms with E-state index in [2.05, 4.69) is 10.4 Å². The standard InChI is InChI=1S/C22H24N4O2S/c1-16-7-5-6-10-19(16)21-24-26(22(29)28-21)15-25-13-11-17(12-14-25)20(27)23-18-8-3-2-4-9-18/h2-10,17H,11-15H2,1H3,(H,23,27)/p+1. The van der Waals surface area contributed by atoms with E-state index in [0.29, 0.717) is 17.4 Å². The minimum Gasteiger partial charge on any atom is -0.409 e. The van der Waals surface area contributed by atoms with Crippen molar-refractivity contribution in [3.63, 3.8) is 0 Å². The maximum absolute atomic E-state index is 12.5. The average molecular weight is 410 g/mol. The molecule has 3 aromatic rings. The molecule has 1 saturated heterocycles. The Morgan fingerprint density at radius 1 is 1.17 bits per heavy atom. The quantitative estimate of drug-likeness (QED) is 0.636. The van der Waals surface area contributed by atoms with E-state index in [4.69, 9.17) is 16.6 Å². The lowest BCUT2D eigenvalue weighted by atomic mass is 9.96. The van der Waals surface area contributed by atoms with Gasteiger partial charge >= 0.3 is 0 Å². The predicted octanol–water partition coefficient (Wildman–Crippen LogP) is 3.07. The Hall–Kier alpha value is -2.77. The van der Waals surface area contributed by atoms with Crippen LogP contribution in [0.4, 0.5) is 5.69 Å². The SMILES string of the molecule is Cc1ccccc1-c1nn(C[NH+]2CCC(C(=O)Nc3ccccc3)CC2)c(=S)o1. The molecular formula is C22H25N4O2S+. The Kier molecular flexibility index (Phi) is 5.87. The molecule has 1 fully saturated rings. The third-order valence-electron chi connectivity index (χ3n) is 5.46. The van der Waals surface area contributed by atoms with Crippen LogP contribution in [0.25, 0.3) is 11.5 Å². The molecule has 6 nitrogen and oxygen atoms in total. The van der Waals surface area contributed by atoms with Gasteiger partial charge in [-0.1, -0.05) is 36.4 Å². The number of nitrogens with one attached hydrogen (secondary N) is 2. The largest absolute Gasteiger partial charge is 0.409 e. The normalized spacial score (nSPS) is 19.1. The number of piperidine rings is 1. The summed E-state index contributed by atoms with van der Waals surface area (Å²) in [4.78, 5) is 14.3. The molecule has 0 spiro atoms. The molecule has 2 heterocycles. The Morgan fingerprint density at radius 2 is 1.86 bits per heavy atom. The van der Waals surface area contributed by atoms with Crippen LogP contribution in [0.5, 0.6) is 0 Å². The smallest absolute Gasteiger partial charge is 0.292 e. The minimum atomic E-state index is 0.0479. The van der Waals surface area contributed by atoms with Crippen LogP contribution in [0.15, 0.2) is 59.0 Å². The molecule has 1 aliphatic heterocycles. The lowest BCUT2D eigenvalue weighted by Crippen LogP contribution is -3.12. The van der Waals surface area contributed by atoms with Gasteiger partial charge in [0.2, 0.25) is 11.8 Å². The summed E-state index contributed by atoms with van der Waals surface area (Å²) in [5.74, 6) is 0.714. The first-order valence-electron chi connectivity index (χ1n) is 9.93. The van der Waals surface area contributed by atoms with Crippen molar-refractivity contribution in [1.82, 2.24) is 9.78 Å². The molecule has 0 bridgehead atoms. The summed E-state index contributed by atoms with van der Waals surface area (Å²) in [6, 6.07) is 17.6. The van der Waals surface area contributed by atoms with Crippen molar-refractivity contribution < 1.29 is 14.1 Å². The fourth-order valence-corrected chi connectivity index (χ4v) is 3.94. The van der Waals surface area contributed by atoms with Crippen LogP contribution in [-0.2, 0) is 11.5 Å². The first kappa shape index (κ1) is 19.5. The van der Waals surface area contributed by atoms with E-state index < -0.39 is 0 Å². The first-order chi connectivity index (χ1) is 14.1. The van der Waals surface area contributed by atoms with Gasteiger partial charge in [-0.3, -0.25) is 4.79 Å². The van der Waals surface area contributed by atoms with Crippen molar-refractivity contribution in [1.29, 1.82) is 0 Å². The fraction of sp³-hybridized carbons (Fsp3) is 0.318. The van der Waals surface area contributed by atoms with Crippen LogP contribution in [0.1, 0.15) is 18.4 Å². The van der Waals surface area contributed by atoms with Gasteiger partial charge in [0.15, 0.2) is 6.67 Å². The van der Waals surface area contributed by atoms with E-state index in [0.717, 1.165) is 42.7 Å². The molecule has 0 saturated carbocycles. The topological polar surface area (TPSA) is 64.5 Å². The molecule has 1 aliphatic rings. The number of nitrogens with zero attached hydrogens (tertiary/aromatic N) is 2. The number of carbonyl (C=O) groups is 1. The summed E-state index contributed by atoms with van der Waals surface area (Å²) in [5.41, 5.74) is 2.92. The molecule has 0 unspecified atom stereocenters. The van der Waals surface area contributed by atoms with Crippen molar-refractivity contribution in [2.45, 2.75) is 26.4 Å². The Balaban J connectivity index is 1.35. The van der Waals surface area contributed by atoms with E-state index in [1.165, 1.54) is 4.90 Å². The summed E-state index contributed by atoms with van der Waals surface area (Å²) in [5, 5.41) is 7.61. The van der Waals surface area contributed by atoms with Crippen molar-refractivity contribution in [3.05, 3.63) is 65.0 Å². The number of hydrogen-bond acceptors (Lipinski definition) is 4. The van der Waals surface area contributed by atoms with Gasteiger partial charge in [-0.05, 0) is 42.9 Å². The lowest BCUT2D eigenvalue weighted by Gasteiger charge is -2.28. The van der Waals surface area contributed by atoms with E-state index in [-0.39, 0.29) is 11.8 Å². The molecule has 7 heteroatoms. The monoisotopic (exact) mass is 409 g/mol. The molecule has 2 N–H and O–H groups in total. The third kappa shape index (κ3) is 4.63. The predicted molar refractivity (Wildman–Crippen MR) is 114 cm³/mol. The van der Waals surface area contributed by atoms with Crippen LogP contribution >= 0.6 is 12.2 Å².